The summed E-state index contributed by atoms with van der Waals surface area (Å²) in [6.45, 7) is -0.459. The number of alkyl halides is 3. The molecule has 0 saturated carbocycles. The number of carboxylic acid groups (broad SMARTS) is 1. The molecule has 0 aliphatic heterocycles. The van der Waals surface area contributed by atoms with Crippen LogP contribution in [0.15, 0.2) is 24.3 Å². The van der Waals surface area contributed by atoms with Gasteiger partial charge in [0.1, 0.15) is 5.75 Å². The van der Waals surface area contributed by atoms with Crippen molar-refractivity contribution >= 4 is 17.6 Å². The third kappa shape index (κ3) is 7.16. The van der Waals surface area contributed by atoms with E-state index in [1.807, 2.05) is 0 Å². The SMILES string of the molecule is CN(CC(=O)O)CC(=O)Nc1ccc(OC(F)(F)F)cc1. The largest absolute Gasteiger partial charge is 0.573 e. The number of halogens is 3. The minimum Gasteiger partial charge on any atom is -0.480 e. The summed E-state index contributed by atoms with van der Waals surface area (Å²) in [7, 11) is 1.45. The summed E-state index contributed by atoms with van der Waals surface area (Å²) in [5.41, 5.74) is 0.276. The number of likely N-dealkylation sites (N-methyl/N-ethyl adjacent to an activating group) is 1. The number of carbonyl (C=O) groups excluding carboxylic acids is 1. The number of carbonyl (C=O) groups is 2. The van der Waals surface area contributed by atoms with Gasteiger partial charge in [0.05, 0.1) is 13.1 Å². The lowest BCUT2D eigenvalue weighted by Gasteiger charge is -2.14. The molecule has 0 aromatic heterocycles. The molecule has 0 fully saturated rings. The Labute approximate surface area is 118 Å². The van der Waals surface area contributed by atoms with Crippen molar-refractivity contribution < 1.29 is 32.6 Å². The van der Waals surface area contributed by atoms with E-state index in [1.54, 1.807) is 0 Å². The average molecular weight is 306 g/mol. The van der Waals surface area contributed by atoms with Crippen LogP contribution >= 0.6 is 0 Å². The molecule has 0 saturated heterocycles. The summed E-state index contributed by atoms with van der Waals surface area (Å²) in [4.78, 5) is 23.3. The van der Waals surface area contributed by atoms with Crippen molar-refractivity contribution in [1.29, 1.82) is 0 Å². The lowest BCUT2D eigenvalue weighted by atomic mass is 10.3. The van der Waals surface area contributed by atoms with Gasteiger partial charge in [-0.2, -0.15) is 0 Å². The summed E-state index contributed by atoms with van der Waals surface area (Å²) in [5, 5.41) is 11.0. The van der Waals surface area contributed by atoms with Gasteiger partial charge in [0, 0.05) is 5.69 Å². The Bertz CT molecular complexity index is 502. The van der Waals surface area contributed by atoms with Gasteiger partial charge >= 0.3 is 12.3 Å². The van der Waals surface area contributed by atoms with Gasteiger partial charge in [0.25, 0.3) is 0 Å². The zero-order chi connectivity index (χ0) is 16.0. The highest BCUT2D eigenvalue weighted by molar-refractivity contribution is 5.92. The maximum Gasteiger partial charge on any atom is 0.573 e. The fourth-order valence-electron chi connectivity index (χ4n) is 1.47. The molecule has 0 bridgehead atoms. The van der Waals surface area contributed by atoms with Crippen molar-refractivity contribution in [2.45, 2.75) is 6.36 Å². The van der Waals surface area contributed by atoms with Crippen molar-refractivity contribution in [3.05, 3.63) is 24.3 Å². The predicted octanol–water partition coefficient (Wildman–Crippen LogP) is 1.54. The second-order valence-electron chi connectivity index (χ2n) is 4.19. The van der Waals surface area contributed by atoms with Crippen LogP contribution in [0.25, 0.3) is 0 Å². The lowest BCUT2D eigenvalue weighted by Crippen LogP contribution is -2.33. The Balaban J connectivity index is 2.52. The number of hydrogen-bond acceptors (Lipinski definition) is 4. The summed E-state index contributed by atoms with van der Waals surface area (Å²) in [5.74, 6) is -1.95. The normalized spacial score (nSPS) is 11.3. The monoisotopic (exact) mass is 306 g/mol. The number of amides is 1. The van der Waals surface area contributed by atoms with Crippen LogP contribution in [0, 0.1) is 0 Å². The van der Waals surface area contributed by atoms with E-state index in [2.05, 4.69) is 10.1 Å². The van der Waals surface area contributed by atoms with Gasteiger partial charge in [-0.1, -0.05) is 0 Å². The average Bonchev–Trinajstić information content (AvgIpc) is 2.28. The van der Waals surface area contributed by atoms with E-state index >= 15 is 0 Å². The Hall–Kier alpha value is -2.29. The van der Waals surface area contributed by atoms with Crippen molar-refractivity contribution in [1.82, 2.24) is 4.90 Å². The van der Waals surface area contributed by atoms with Crippen LogP contribution < -0.4 is 10.1 Å². The third-order valence-electron chi connectivity index (χ3n) is 2.19. The maximum atomic E-state index is 12.0. The van der Waals surface area contributed by atoms with E-state index in [-0.39, 0.29) is 18.8 Å². The first kappa shape index (κ1) is 16.8. The number of nitrogens with one attached hydrogen (secondary N) is 1. The highest BCUT2D eigenvalue weighted by Crippen LogP contribution is 2.23. The molecule has 0 heterocycles. The number of ether oxygens (including phenoxy) is 1. The van der Waals surface area contributed by atoms with Crippen LogP contribution in [0.3, 0.4) is 0 Å². The zero-order valence-electron chi connectivity index (χ0n) is 11.0. The number of benzene rings is 1. The smallest absolute Gasteiger partial charge is 0.480 e. The van der Waals surface area contributed by atoms with Crippen LogP contribution in [0.5, 0.6) is 5.75 Å². The Morgan fingerprint density at radius 2 is 1.81 bits per heavy atom. The Morgan fingerprint density at radius 3 is 2.29 bits per heavy atom. The molecular formula is C12H13F3N2O4. The highest BCUT2D eigenvalue weighted by atomic mass is 19.4. The van der Waals surface area contributed by atoms with E-state index in [4.69, 9.17) is 5.11 Å². The molecule has 6 nitrogen and oxygen atoms in total. The number of nitrogens with zero attached hydrogens (tertiary/aromatic N) is 1. The van der Waals surface area contributed by atoms with Gasteiger partial charge in [-0.05, 0) is 31.3 Å². The molecule has 1 amide bonds. The van der Waals surface area contributed by atoms with Crippen molar-refractivity contribution in [3.63, 3.8) is 0 Å². The standard InChI is InChI=1S/C12H13F3N2O4/c1-17(7-11(19)20)6-10(18)16-8-2-4-9(5-3-8)21-12(13,14)15/h2-5H,6-7H2,1H3,(H,16,18)(H,19,20). The number of hydrogen-bond donors (Lipinski definition) is 2. The second kappa shape index (κ2) is 6.93. The fraction of sp³-hybridized carbons (Fsp3) is 0.333. The minimum absolute atomic E-state index is 0.160. The van der Waals surface area contributed by atoms with E-state index < -0.39 is 24.0 Å². The van der Waals surface area contributed by atoms with Gasteiger partial charge in [-0.3, -0.25) is 14.5 Å². The highest BCUT2D eigenvalue weighted by Gasteiger charge is 2.30. The van der Waals surface area contributed by atoms with Crippen LogP contribution in [0.2, 0.25) is 0 Å². The van der Waals surface area contributed by atoms with E-state index in [1.165, 1.54) is 24.1 Å². The van der Waals surface area contributed by atoms with Gasteiger partial charge in [0.2, 0.25) is 5.91 Å². The van der Waals surface area contributed by atoms with E-state index in [0.717, 1.165) is 12.1 Å². The van der Waals surface area contributed by atoms with Crippen LogP contribution in [0.1, 0.15) is 0 Å². The number of rotatable bonds is 6. The molecule has 0 atom stereocenters. The molecule has 0 aliphatic carbocycles. The molecule has 21 heavy (non-hydrogen) atoms. The van der Waals surface area contributed by atoms with Crippen LogP contribution in [-0.2, 0) is 9.59 Å². The van der Waals surface area contributed by atoms with Crippen LogP contribution in [-0.4, -0.2) is 48.4 Å². The quantitative estimate of drug-likeness (QED) is 0.833. The zero-order valence-corrected chi connectivity index (χ0v) is 11.0. The van der Waals surface area contributed by atoms with Gasteiger partial charge < -0.3 is 15.2 Å². The molecular weight excluding hydrogens is 293 g/mol. The second-order valence-corrected chi connectivity index (χ2v) is 4.19. The summed E-state index contributed by atoms with van der Waals surface area (Å²) in [6.07, 6.45) is -4.77. The van der Waals surface area contributed by atoms with Gasteiger partial charge in [-0.15, -0.1) is 13.2 Å². The number of anilines is 1. The van der Waals surface area contributed by atoms with Gasteiger partial charge in [-0.25, -0.2) is 0 Å². The summed E-state index contributed by atoms with van der Waals surface area (Å²) < 4.78 is 39.5. The lowest BCUT2D eigenvalue weighted by molar-refractivity contribution is -0.274. The molecule has 0 radical (unpaired) electrons. The first-order valence-electron chi connectivity index (χ1n) is 5.72. The van der Waals surface area contributed by atoms with Gasteiger partial charge in [0.15, 0.2) is 0 Å². The number of aliphatic carboxylic acids is 1. The molecule has 0 spiro atoms. The third-order valence-corrected chi connectivity index (χ3v) is 2.19. The molecule has 1 rings (SSSR count). The summed E-state index contributed by atoms with van der Waals surface area (Å²) >= 11 is 0. The molecule has 0 aliphatic rings. The van der Waals surface area contributed by atoms with Crippen molar-refractivity contribution in [3.8, 4) is 5.75 Å². The molecule has 9 heteroatoms. The first-order chi connectivity index (χ1) is 9.65. The predicted molar refractivity (Wildman–Crippen MR) is 66.9 cm³/mol. The van der Waals surface area contributed by atoms with Crippen molar-refractivity contribution in [2.75, 3.05) is 25.5 Å². The molecule has 2 N–H and O–H groups in total. The Morgan fingerprint density at radius 1 is 1.24 bits per heavy atom. The fourth-order valence-corrected chi connectivity index (χ4v) is 1.47. The maximum absolute atomic E-state index is 12.0. The minimum atomic E-state index is -4.77. The van der Waals surface area contributed by atoms with Crippen molar-refractivity contribution in [2.24, 2.45) is 0 Å². The number of carboxylic acids is 1. The van der Waals surface area contributed by atoms with E-state index in [9.17, 15) is 22.8 Å². The first-order valence-corrected chi connectivity index (χ1v) is 5.72. The molecule has 0 unspecified atom stereocenters. The molecule has 1 aromatic carbocycles. The Kier molecular flexibility index (Phi) is 5.53. The molecule has 1 aromatic rings. The molecule has 116 valence electrons. The topological polar surface area (TPSA) is 78.9 Å². The van der Waals surface area contributed by atoms with Crippen LogP contribution in [0.4, 0.5) is 18.9 Å². The van der Waals surface area contributed by atoms with E-state index in [0.29, 0.717) is 0 Å². The summed E-state index contributed by atoms with van der Waals surface area (Å²) in [6, 6.07) is 4.61.